The summed E-state index contributed by atoms with van der Waals surface area (Å²) in [5, 5.41) is 2.85. The standard InChI is InChI=1S/C13H19FN2O/c1-3-12(4-5-15)16-13(17)10-6-9(2)7-11(14)8-10/h6-8,12H,3-5,15H2,1-2H3,(H,16,17). The fourth-order valence-electron chi connectivity index (χ4n) is 1.72. The number of hydrogen-bond acceptors (Lipinski definition) is 2. The van der Waals surface area contributed by atoms with Gasteiger partial charge < -0.3 is 11.1 Å². The van der Waals surface area contributed by atoms with E-state index in [9.17, 15) is 9.18 Å². The minimum absolute atomic E-state index is 0.0519. The molecule has 4 heteroatoms. The molecule has 1 amide bonds. The summed E-state index contributed by atoms with van der Waals surface area (Å²) in [6, 6.07) is 4.37. The first-order chi connectivity index (χ1) is 8.06. The number of carbonyl (C=O) groups is 1. The van der Waals surface area contributed by atoms with Crippen LogP contribution in [-0.4, -0.2) is 18.5 Å². The third kappa shape index (κ3) is 4.15. The van der Waals surface area contributed by atoms with E-state index in [1.165, 1.54) is 12.1 Å². The maximum atomic E-state index is 13.2. The van der Waals surface area contributed by atoms with E-state index in [0.29, 0.717) is 12.1 Å². The van der Waals surface area contributed by atoms with Gasteiger partial charge in [-0.2, -0.15) is 0 Å². The number of halogens is 1. The predicted molar refractivity (Wildman–Crippen MR) is 66.4 cm³/mol. The summed E-state index contributed by atoms with van der Waals surface area (Å²) in [7, 11) is 0. The fraction of sp³-hybridized carbons (Fsp3) is 0.462. The van der Waals surface area contributed by atoms with E-state index < -0.39 is 0 Å². The van der Waals surface area contributed by atoms with E-state index in [1.54, 1.807) is 13.0 Å². The molecule has 0 bridgehead atoms. The van der Waals surface area contributed by atoms with Crippen molar-refractivity contribution in [3.63, 3.8) is 0 Å². The summed E-state index contributed by atoms with van der Waals surface area (Å²) in [5.41, 5.74) is 6.55. The maximum absolute atomic E-state index is 13.2. The number of carbonyl (C=O) groups excluding carboxylic acids is 1. The zero-order valence-electron chi connectivity index (χ0n) is 10.3. The molecule has 17 heavy (non-hydrogen) atoms. The van der Waals surface area contributed by atoms with Crippen molar-refractivity contribution >= 4 is 5.91 Å². The highest BCUT2D eigenvalue weighted by Gasteiger charge is 2.12. The van der Waals surface area contributed by atoms with Gasteiger partial charge >= 0.3 is 0 Å². The van der Waals surface area contributed by atoms with E-state index in [2.05, 4.69) is 5.32 Å². The van der Waals surface area contributed by atoms with Crippen LogP contribution < -0.4 is 11.1 Å². The number of rotatable bonds is 5. The SMILES string of the molecule is CCC(CCN)NC(=O)c1cc(C)cc(F)c1. The molecule has 3 nitrogen and oxygen atoms in total. The normalized spacial score (nSPS) is 12.2. The summed E-state index contributed by atoms with van der Waals surface area (Å²) < 4.78 is 13.2. The first-order valence-electron chi connectivity index (χ1n) is 5.85. The number of nitrogens with one attached hydrogen (secondary N) is 1. The minimum Gasteiger partial charge on any atom is -0.349 e. The predicted octanol–water partition coefficient (Wildman–Crippen LogP) is 1.99. The van der Waals surface area contributed by atoms with Crippen LogP contribution in [-0.2, 0) is 0 Å². The van der Waals surface area contributed by atoms with Gasteiger partial charge in [0.2, 0.25) is 0 Å². The molecule has 0 aliphatic heterocycles. The number of benzene rings is 1. The van der Waals surface area contributed by atoms with Gasteiger partial charge in [-0.15, -0.1) is 0 Å². The lowest BCUT2D eigenvalue weighted by Gasteiger charge is -2.16. The van der Waals surface area contributed by atoms with Gasteiger partial charge in [-0.05, 0) is 50.1 Å². The van der Waals surface area contributed by atoms with E-state index in [1.807, 2.05) is 6.92 Å². The van der Waals surface area contributed by atoms with Gasteiger partial charge in [0.1, 0.15) is 5.82 Å². The Labute approximate surface area is 101 Å². The lowest BCUT2D eigenvalue weighted by Crippen LogP contribution is -2.35. The molecule has 1 unspecified atom stereocenters. The summed E-state index contributed by atoms with van der Waals surface area (Å²) >= 11 is 0. The Kier molecular flexibility index (Phi) is 5.10. The minimum atomic E-state index is -0.387. The Balaban J connectivity index is 2.75. The first kappa shape index (κ1) is 13.6. The van der Waals surface area contributed by atoms with Crippen LogP contribution in [0, 0.1) is 12.7 Å². The number of amides is 1. The second-order valence-electron chi connectivity index (χ2n) is 4.17. The molecule has 0 spiro atoms. The highest BCUT2D eigenvalue weighted by molar-refractivity contribution is 5.94. The fourth-order valence-corrected chi connectivity index (χ4v) is 1.72. The molecule has 0 aliphatic rings. The molecular formula is C13H19FN2O. The van der Waals surface area contributed by atoms with E-state index in [-0.39, 0.29) is 17.8 Å². The second kappa shape index (κ2) is 6.35. The monoisotopic (exact) mass is 238 g/mol. The Hall–Kier alpha value is -1.42. The van der Waals surface area contributed by atoms with E-state index in [0.717, 1.165) is 18.4 Å². The van der Waals surface area contributed by atoms with E-state index in [4.69, 9.17) is 5.73 Å². The third-order valence-electron chi connectivity index (χ3n) is 2.65. The van der Waals surface area contributed by atoms with Crippen LogP contribution in [0.1, 0.15) is 35.7 Å². The van der Waals surface area contributed by atoms with E-state index >= 15 is 0 Å². The van der Waals surface area contributed by atoms with Crippen LogP contribution >= 0.6 is 0 Å². The van der Waals surface area contributed by atoms with Crippen molar-refractivity contribution in [2.24, 2.45) is 5.73 Å². The van der Waals surface area contributed by atoms with Crippen LogP contribution in [0.3, 0.4) is 0 Å². The van der Waals surface area contributed by atoms with Gasteiger partial charge in [-0.3, -0.25) is 4.79 Å². The summed E-state index contributed by atoms with van der Waals surface area (Å²) in [6.45, 7) is 4.27. The Morgan fingerprint density at radius 3 is 2.71 bits per heavy atom. The lowest BCUT2D eigenvalue weighted by molar-refractivity contribution is 0.0934. The Morgan fingerprint density at radius 1 is 1.47 bits per heavy atom. The molecule has 0 saturated carbocycles. The van der Waals surface area contributed by atoms with Crippen LogP contribution in [0.15, 0.2) is 18.2 Å². The van der Waals surface area contributed by atoms with Crippen molar-refractivity contribution in [1.29, 1.82) is 0 Å². The molecule has 1 rings (SSSR count). The smallest absolute Gasteiger partial charge is 0.251 e. The largest absolute Gasteiger partial charge is 0.349 e. The number of hydrogen-bond donors (Lipinski definition) is 2. The third-order valence-corrected chi connectivity index (χ3v) is 2.65. The van der Waals surface area contributed by atoms with Gasteiger partial charge in [0.05, 0.1) is 0 Å². The van der Waals surface area contributed by atoms with Gasteiger partial charge in [-0.25, -0.2) is 4.39 Å². The van der Waals surface area contributed by atoms with Crippen molar-refractivity contribution in [2.45, 2.75) is 32.7 Å². The maximum Gasteiger partial charge on any atom is 0.251 e. The summed E-state index contributed by atoms with van der Waals surface area (Å²) in [5.74, 6) is -0.630. The van der Waals surface area contributed by atoms with Crippen LogP contribution in [0.5, 0.6) is 0 Å². The second-order valence-corrected chi connectivity index (χ2v) is 4.17. The van der Waals surface area contributed by atoms with Gasteiger partial charge in [0.15, 0.2) is 0 Å². The van der Waals surface area contributed by atoms with Crippen LogP contribution in [0.4, 0.5) is 4.39 Å². The van der Waals surface area contributed by atoms with Crippen molar-refractivity contribution in [1.82, 2.24) is 5.32 Å². The lowest BCUT2D eigenvalue weighted by atomic mass is 10.1. The molecule has 0 saturated heterocycles. The quantitative estimate of drug-likeness (QED) is 0.824. The molecule has 1 aromatic carbocycles. The Bertz CT molecular complexity index is 373. The summed E-state index contributed by atoms with van der Waals surface area (Å²) in [4.78, 5) is 11.9. The first-order valence-corrected chi connectivity index (χ1v) is 5.85. The average Bonchev–Trinajstić information content (AvgIpc) is 2.27. The van der Waals surface area contributed by atoms with Gasteiger partial charge in [0.25, 0.3) is 5.91 Å². The average molecular weight is 238 g/mol. The molecule has 0 aromatic heterocycles. The number of aryl methyl sites for hydroxylation is 1. The van der Waals surface area contributed by atoms with Crippen molar-refractivity contribution < 1.29 is 9.18 Å². The zero-order valence-corrected chi connectivity index (χ0v) is 10.3. The Morgan fingerprint density at radius 2 is 2.18 bits per heavy atom. The molecule has 94 valence electrons. The molecule has 0 fully saturated rings. The molecule has 3 N–H and O–H groups in total. The topological polar surface area (TPSA) is 55.1 Å². The van der Waals surface area contributed by atoms with Gasteiger partial charge in [0, 0.05) is 11.6 Å². The van der Waals surface area contributed by atoms with Gasteiger partial charge in [-0.1, -0.05) is 6.92 Å². The molecule has 0 aliphatic carbocycles. The summed E-state index contributed by atoms with van der Waals surface area (Å²) in [6.07, 6.45) is 1.55. The highest BCUT2D eigenvalue weighted by atomic mass is 19.1. The number of nitrogens with two attached hydrogens (primary N) is 1. The van der Waals surface area contributed by atoms with Crippen molar-refractivity contribution in [3.8, 4) is 0 Å². The molecule has 0 radical (unpaired) electrons. The van der Waals surface area contributed by atoms with Crippen molar-refractivity contribution in [3.05, 3.63) is 35.1 Å². The molecule has 1 aromatic rings. The van der Waals surface area contributed by atoms with Crippen LogP contribution in [0.2, 0.25) is 0 Å². The zero-order chi connectivity index (χ0) is 12.8. The molecule has 0 heterocycles. The molecular weight excluding hydrogens is 219 g/mol. The highest BCUT2D eigenvalue weighted by Crippen LogP contribution is 2.09. The molecule has 1 atom stereocenters. The van der Waals surface area contributed by atoms with Crippen molar-refractivity contribution in [2.75, 3.05) is 6.54 Å². The van der Waals surface area contributed by atoms with Crippen LogP contribution in [0.25, 0.3) is 0 Å².